The van der Waals surface area contributed by atoms with Crippen LogP contribution in [0.3, 0.4) is 0 Å². The molecular weight excluding hydrogens is 262 g/mol. The fraction of sp³-hybridized carbons (Fsp3) is 0.750. The minimum absolute atomic E-state index is 0.400. The van der Waals surface area contributed by atoms with Gasteiger partial charge in [-0.2, -0.15) is 0 Å². The van der Waals surface area contributed by atoms with Gasteiger partial charge < -0.3 is 15.5 Å². The van der Waals surface area contributed by atoms with E-state index in [-0.39, 0.29) is 0 Å². The third-order valence-corrected chi connectivity index (χ3v) is 3.88. The van der Waals surface area contributed by atoms with Gasteiger partial charge in [-0.1, -0.05) is 13.3 Å². The van der Waals surface area contributed by atoms with Gasteiger partial charge in [0.15, 0.2) is 0 Å². The van der Waals surface area contributed by atoms with Gasteiger partial charge in [0.1, 0.15) is 17.5 Å². The van der Waals surface area contributed by atoms with Crippen molar-refractivity contribution in [1.82, 2.24) is 14.9 Å². The van der Waals surface area contributed by atoms with Crippen molar-refractivity contribution in [2.75, 3.05) is 37.3 Å². The number of anilines is 2. The summed E-state index contributed by atoms with van der Waals surface area (Å²) < 4.78 is 0. The molecule has 0 aliphatic carbocycles. The number of aryl methyl sites for hydroxylation is 1. The molecule has 0 saturated carbocycles. The number of nitrogens with one attached hydrogen (secondary N) is 2. The predicted octanol–water partition coefficient (Wildman–Crippen LogP) is 2.76. The van der Waals surface area contributed by atoms with Gasteiger partial charge >= 0.3 is 0 Å². The Bertz CT molecular complexity index is 429. The molecule has 1 atom stereocenters. The van der Waals surface area contributed by atoms with Gasteiger partial charge in [-0.05, 0) is 39.3 Å². The first kappa shape index (κ1) is 16.0. The van der Waals surface area contributed by atoms with Crippen LogP contribution in [-0.2, 0) is 6.42 Å². The molecule has 118 valence electrons. The van der Waals surface area contributed by atoms with Crippen molar-refractivity contribution < 1.29 is 0 Å². The zero-order valence-electron chi connectivity index (χ0n) is 13.7. The normalized spacial score (nSPS) is 17.5. The van der Waals surface area contributed by atoms with Crippen LogP contribution in [0.4, 0.5) is 11.6 Å². The Labute approximate surface area is 128 Å². The van der Waals surface area contributed by atoms with E-state index in [4.69, 9.17) is 0 Å². The maximum absolute atomic E-state index is 4.62. The van der Waals surface area contributed by atoms with E-state index in [2.05, 4.69) is 39.3 Å². The van der Waals surface area contributed by atoms with Gasteiger partial charge in [0.25, 0.3) is 0 Å². The van der Waals surface area contributed by atoms with Gasteiger partial charge in [-0.25, -0.2) is 9.97 Å². The van der Waals surface area contributed by atoms with E-state index in [9.17, 15) is 0 Å². The highest BCUT2D eigenvalue weighted by atomic mass is 15.2. The number of hydrogen-bond acceptors (Lipinski definition) is 5. The highest BCUT2D eigenvalue weighted by molar-refractivity contribution is 5.47. The Morgan fingerprint density at radius 1 is 1.19 bits per heavy atom. The van der Waals surface area contributed by atoms with E-state index < -0.39 is 0 Å². The fourth-order valence-electron chi connectivity index (χ4n) is 2.86. The topological polar surface area (TPSA) is 53.1 Å². The molecule has 21 heavy (non-hydrogen) atoms. The van der Waals surface area contributed by atoms with Gasteiger partial charge in [0.05, 0.1) is 0 Å². The molecule has 1 aliphatic rings. The van der Waals surface area contributed by atoms with E-state index in [1.54, 1.807) is 0 Å². The molecule has 2 rings (SSSR count). The number of nitrogens with zero attached hydrogens (tertiary/aromatic N) is 3. The van der Waals surface area contributed by atoms with Crippen molar-refractivity contribution in [1.29, 1.82) is 0 Å². The molecule has 0 spiro atoms. The first-order valence-electron chi connectivity index (χ1n) is 8.26. The second-order valence-electron chi connectivity index (χ2n) is 5.96. The number of piperidine rings is 1. The Morgan fingerprint density at radius 2 is 1.90 bits per heavy atom. The van der Waals surface area contributed by atoms with Crippen molar-refractivity contribution in [3.8, 4) is 0 Å². The summed E-state index contributed by atoms with van der Waals surface area (Å²) in [4.78, 5) is 11.7. The maximum atomic E-state index is 4.62. The molecular formula is C16H29N5. The van der Waals surface area contributed by atoms with Crippen LogP contribution in [0, 0.1) is 0 Å². The molecule has 0 radical (unpaired) electrons. The summed E-state index contributed by atoms with van der Waals surface area (Å²) in [7, 11) is 1.90. The maximum Gasteiger partial charge on any atom is 0.133 e. The molecule has 1 saturated heterocycles. The number of rotatable bonds is 7. The van der Waals surface area contributed by atoms with E-state index in [1.807, 2.05) is 13.1 Å². The van der Waals surface area contributed by atoms with Crippen LogP contribution in [0.25, 0.3) is 0 Å². The summed E-state index contributed by atoms with van der Waals surface area (Å²) in [5.74, 6) is 2.74. The zero-order valence-corrected chi connectivity index (χ0v) is 13.7. The Hall–Kier alpha value is -1.36. The molecule has 1 aromatic heterocycles. The standard InChI is InChI=1S/C16H29N5/c1-4-8-14-19-15(17-3)11-16(20-14)18-13(2)12-21-9-6-5-7-10-21/h11,13H,4-10,12H2,1-3H3,(H2,17,18,19,20). The van der Waals surface area contributed by atoms with Crippen LogP contribution in [0.2, 0.25) is 0 Å². The lowest BCUT2D eigenvalue weighted by Crippen LogP contribution is -2.38. The molecule has 1 aromatic rings. The van der Waals surface area contributed by atoms with E-state index >= 15 is 0 Å². The second kappa shape index (κ2) is 8.17. The third kappa shape index (κ3) is 5.16. The summed E-state index contributed by atoms with van der Waals surface area (Å²) in [6.45, 7) is 7.94. The summed E-state index contributed by atoms with van der Waals surface area (Å²) in [6.07, 6.45) is 6.05. The minimum atomic E-state index is 0.400. The van der Waals surface area contributed by atoms with Crippen molar-refractivity contribution in [2.24, 2.45) is 0 Å². The lowest BCUT2D eigenvalue weighted by Gasteiger charge is -2.29. The first-order valence-corrected chi connectivity index (χ1v) is 8.26. The first-order chi connectivity index (χ1) is 10.2. The van der Waals surface area contributed by atoms with Crippen LogP contribution in [0.5, 0.6) is 0 Å². The van der Waals surface area contributed by atoms with Gasteiger partial charge in [-0.15, -0.1) is 0 Å². The van der Waals surface area contributed by atoms with E-state index in [0.29, 0.717) is 6.04 Å². The average molecular weight is 291 g/mol. The Morgan fingerprint density at radius 3 is 2.57 bits per heavy atom. The summed E-state index contributed by atoms with van der Waals surface area (Å²) in [5.41, 5.74) is 0. The summed E-state index contributed by atoms with van der Waals surface area (Å²) in [5, 5.41) is 6.65. The van der Waals surface area contributed by atoms with Crippen LogP contribution in [0.1, 0.15) is 45.4 Å². The smallest absolute Gasteiger partial charge is 0.133 e. The molecule has 1 aliphatic heterocycles. The van der Waals surface area contributed by atoms with E-state index in [0.717, 1.165) is 36.8 Å². The van der Waals surface area contributed by atoms with Gasteiger partial charge in [0, 0.05) is 32.1 Å². The largest absolute Gasteiger partial charge is 0.373 e. The molecule has 2 heterocycles. The number of likely N-dealkylation sites (tertiary alicyclic amines) is 1. The Balaban J connectivity index is 1.95. The number of hydrogen-bond donors (Lipinski definition) is 2. The van der Waals surface area contributed by atoms with Gasteiger partial charge in [-0.3, -0.25) is 0 Å². The van der Waals surface area contributed by atoms with E-state index in [1.165, 1.54) is 32.4 Å². The SMILES string of the molecule is CCCc1nc(NC)cc(NC(C)CN2CCCCC2)n1. The zero-order chi connectivity index (χ0) is 15.1. The Kier molecular flexibility index (Phi) is 6.23. The molecule has 5 heteroatoms. The molecule has 0 bridgehead atoms. The van der Waals surface area contributed by atoms with Crippen molar-refractivity contribution in [3.63, 3.8) is 0 Å². The molecule has 1 fully saturated rings. The molecule has 0 aromatic carbocycles. The van der Waals surface area contributed by atoms with Crippen LogP contribution in [0.15, 0.2) is 6.07 Å². The highest BCUT2D eigenvalue weighted by Gasteiger charge is 2.14. The summed E-state index contributed by atoms with van der Waals surface area (Å²) >= 11 is 0. The van der Waals surface area contributed by atoms with Crippen LogP contribution < -0.4 is 10.6 Å². The second-order valence-corrected chi connectivity index (χ2v) is 5.96. The van der Waals surface area contributed by atoms with Crippen LogP contribution >= 0.6 is 0 Å². The number of aromatic nitrogens is 2. The van der Waals surface area contributed by atoms with Crippen molar-refractivity contribution in [3.05, 3.63) is 11.9 Å². The molecule has 2 N–H and O–H groups in total. The fourth-order valence-corrected chi connectivity index (χ4v) is 2.86. The molecule has 5 nitrogen and oxygen atoms in total. The molecule has 0 amide bonds. The van der Waals surface area contributed by atoms with Crippen LogP contribution in [-0.4, -0.2) is 47.6 Å². The molecule has 1 unspecified atom stereocenters. The van der Waals surface area contributed by atoms with Crippen molar-refractivity contribution in [2.45, 2.75) is 52.0 Å². The monoisotopic (exact) mass is 291 g/mol. The quantitative estimate of drug-likeness (QED) is 0.809. The van der Waals surface area contributed by atoms with Crippen molar-refractivity contribution >= 4 is 11.6 Å². The summed E-state index contributed by atoms with van der Waals surface area (Å²) in [6, 6.07) is 2.39. The lowest BCUT2D eigenvalue weighted by atomic mass is 10.1. The minimum Gasteiger partial charge on any atom is -0.373 e. The average Bonchev–Trinajstić information content (AvgIpc) is 2.48. The predicted molar refractivity (Wildman–Crippen MR) is 88.9 cm³/mol. The highest BCUT2D eigenvalue weighted by Crippen LogP contribution is 2.14. The lowest BCUT2D eigenvalue weighted by molar-refractivity contribution is 0.223. The van der Waals surface area contributed by atoms with Gasteiger partial charge in [0.2, 0.25) is 0 Å². The third-order valence-electron chi connectivity index (χ3n) is 3.88.